The van der Waals surface area contributed by atoms with Crippen molar-refractivity contribution in [3.63, 3.8) is 0 Å². The van der Waals surface area contributed by atoms with E-state index in [1.807, 2.05) is 12.1 Å². The predicted octanol–water partition coefficient (Wildman–Crippen LogP) is 4.24. The van der Waals surface area contributed by atoms with Crippen LogP contribution in [0.5, 0.6) is 0 Å². The van der Waals surface area contributed by atoms with Gasteiger partial charge in [0.2, 0.25) is 5.91 Å². The summed E-state index contributed by atoms with van der Waals surface area (Å²) in [6.45, 7) is 0.363. The van der Waals surface area contributed by atoms with Gasteiger partial charge in [0.05, 0.1) is 0 Å². The molecule has 0 aliphatic rings. The van der Waals surface area contributed by atoms with Crippen molar-refractivity contribution in [2.24, 2.45) is 0 Å². The molecule has 1 heterocycles. The molecule has 0 aliphatic carbocycles. The molecule has 2 N–H and O–H groups in total. The Balaban J connectivity index is 1.56. The highest BCUT2D eigenvalue weighted by atomic mass is 32.1. The molecule has 4 nitrogen and oxygen atoms in total. The zero-order chi connectivity index (χ0) is 19.9. The van der Waals surface area contributed by atoms with Gasteiger partial charge < -0.3 is 10.6 Å². The van der Waals surface area contributed by atoms with E-state index in [1.165, 1.54) is 23.5 Å². The molecular weight excluding hydrogens is 375 g/mol. The molecule has 0 saturated heterocycles. The Morgan fingerprint density at radius 3 is 2.50 bits per heavy atom. The predicted molar refractivity (Wildman–Crippen MR) is 110 cm³/mol. The maximum Gasteiger partial charge on any atom is 0.251 e. The van der Waals surface area contributed by atoms with Gasteiger partial charge in [-0.25, -0.2) is 4.39 Å². The molecule has 6 heteroatoms. The van der Waals surface area contributed by atoms with Crippen molar-refractivity contribution < 1.29 is 14.0 Å². The van der Waals surface area contributed by atoms with Crippen molar-refractivity contribution in [1.29, 1.82) is 0 Å². The first-order chi connectivity index (χ1) is 13.6. The van der Waals surface area contributed by atoms with Crippen LogP contribution in [0.25, 0.3) is 16.5 Å². The molecule has 142 valence electrons. The van der Waals surface area contributed by atoms with Crippen LogP contribution in [-0.4, -0.2) is 18.9 Å². The number of nitrogens with one attached hydrogen (secondary N) is 2. The van der Waals surface area contributed by atoms with Crippen LogP contribution < -0.4 is 10.6 Å². The summed E-state index contributed by atoms with van der Waals surface area (Å²) in [5, 5.41) is 5.36. The second kappa shape index (κ2) is 9.10. The summed E-state index contributed by atoms with van der Waals surface area (Å²) in [4.78, 5) is 25.2. The molecule has 0 atom stereocenters. The average Bonchev–Trinajstić information content (AvgIpc) is 3.19. The van der Waals surface area contributed by atoms with Crippen molar-refractivity contribution in [1.82, 2.24) is 10.6 Å². The van der Waals surface area contributed by atoms with E-state index >= 15 is 0 Å². The van der Waals surface area contributed by atoms with Crippen molar-refractivity contribution in [3.05, 3.63) is 88.6 Å². The molecular formula is C22H19FN2O2S. The number of carbonyl (C=O) groups excluding carboxylic acids is 2. The number of hydrogen-bond donors (Lipinski definition) is 2. The standard InChI is InChI=1S/C22H19FN2O2S/c1-24-22(27)16-8-6-15(7-9-16)14-25-21(26)13-11-17-10-12-20(28-17)18-4-2-3-5-19(18)23/h2-13H,14H2,1H3,(H,24,27)(H,25,26)/b13-11+. The minimum absolute atomic E-state index is 0.149. The molecule has 2 aromatic carbocycles. The summed E-state index contributed by atoms with van der Waals surface area (Å²) < 4.78 is 13.9. The largest absolute Gasteiger partial charge is 0.355 e. The summed E-state index contributed by atoms with van der Waals surface area (Å²) in [5.74, 6) is -0.638. The Morgan fingerprint density at radius 2 is 1.79 bits per heavy atom. The van der Waals surface area contributed by atoms with Gasteiger partial charge in [0.1, 0.15) is 5.82 Å². The molecule has 28 heavy (non-hydrogen) atoms. The highest BCUT2D eigenvalue weighted by molar-refractivity contribution is 7.16. The topological polar surface area (TPSA) is 58.2 Å². The first kappa shape index (κ1) is 19.5. The Morgan fingerprint density at radius 1 is 1.04 bits per heavy atom. The summed E-state index contributed by atoms with van der Waals surface area (Å²) in [6.07, 6.45) is 3.16. The number of carbonyl (C=O) groups is 2. The number of halogens is 1. The lowest BCUT2D eigenvalue weighted by Gasteiger charge is -2.04. The summed E-state index contributed by atoms with van der Waals surface area (Å²) in [6, 6.07) is 17.3. The minimum atomic E-state index is -0.264. The van der Waals surface area contributed by atoms with E-state index in [4.69, 9.17) is 0 Å². The van der Waals surface area contributed by atoms with Crippen LogP contribution in [0.1, 0.15) is 20.8 Å². The van der Waals surface area contributed by atoms with Gasteiger partial charge in [-0.3, -0.25) is 9.59 Å². The normalized spacial score (nSPS) is 10.8. The lowest BCUT2D eigenvalue weighted by atomic mass is 10.1. The maximum atomic E-state index is 13.9. The van der Waals surface area contributed by atoms with Gasteiger partial charge in [-0.05, 0) is 42.0 Å². The molecule has 0 aliphatic heterocycles. The van der Waals surface area contributed by atoms with Gasteiger partial charge in [0.25, 0.3) is 5.91 Å². The van der Waals surface area contributed by atoms with Gasteiger partial charge in [-0.2, -0.15) is 0 Å². The SMILES string of the molecule is CNC(=O)c1ccc(CNC(=O)/C=C/c2ccc(-c3ccccc3F)s2)cc1. The minimum Gasteiger partial charge on any atom is -0.355 e. The Bertz CT molecular complexity index is 1010. The number of thiophene rings is 1. The Hall–Kier alpha value is -3.25. The molecule has 0 fully saturated rings. The molecule has 0 bridgehead atoms. The smallest absolute Gasteiger partial charge is 0.251 e. The van der Waals surface area contributed by atoms with E-state index in [-0.39, 0.29) is 17.6 Å². The second-order valence-corrected chi connectivity index (χ2v) is 7.12. The van der Waals surface area contributed by atoms with E-state index in [0.29, 0.717) is 17.7 Å². The van der Waals surface area contributed by atoms with Crippen molar-refractivity contribution in [2.45, 2.75) is 6.54 Å². The monoisotopic (exact) mass is 394 g/mol. The zero-order valence-corrected chi connectivity index (χ0v) is 16.1. The fourth-order valence-corrected chi connectivity index (χ4v) is 3.51. The van der Waals surface area contributed by atoms with Gasteiger partial charge in [0, 0.05) is 40.5 Å². The fourth-order valence-electron chi connectivity index (χ4n) is 2.57. The van der Waals surface area contributed by atoms with Crippen LogP contribution in [0.3, 0.4) is 0 Å². The van der Waals surface area contributed by atoms with Crippen molar-refractivity contribution in [2.75, 3.05) is 7.05 Å². The average molecular weight is 394 g/mol. The van der Waals surface area contributed by atoms with Gasteiger partial charge in [-0.15, -0.1) is 11.3 Å². The van der Waals surface area contributed by atoms with E-state index < -0.39 is 0 Å². The third-order valence-corrected chi connectivity index (χ3v) is 5.16. The van der Waals surface area contributed by atoms with Gasteiger partial charge in [-0.1, -0.05) is 30.3 Å². The second-order valence-electron chi connectivity index (χ2n) is 6.01. The quantitative estimate of drug-likeness (QED) is 0.615. The van der Waals surface area contributed by atoms with Crippen LogP contribution in [-0.2, 0) is 11.3 Å². The summed E-state index contributed by atoms with van der Waals surface area (Å²) >= 11 is 1.42. The van der Waals surface area contributed by atoms with Crippen LogP contribution in [0.4, 0.5) is 4.39 Å². The van der Waals surface area contributed by atoms with E-state index in [9.17, 15) is 14.0 Å². The zero-order valence-electron chi connectivity index (χ0n) is 15.2. The Kier molecular flexibility index (Phi) is 6.34. The fraction of sp³-hybridized carbons (Fsp3) is 0.0909. The van der Waals surface area contributed by atoms with Crippen LogP contribution in [0, 0.1) is 5.82 Å². The lowest BCUT2D eigenvalue weighted by Crippen LogP contribution is -2.20. The third kappa shape index (κ3) is 4.92. The van der Waals surface area contributed by atoms with Crippen LogP contribution in [0.2, 0.25) is 0 Å². The van der Waals surface area contributed by atoms with Crippen LogP contribution >= 0.6 is 11.3 Å². The highest BCUT2D eigenvalue weighted by Gasteiger charge is 2.07. The Labute approximate surface area is 166 Å². The molecule has 0 saturated carbocycles. The lowest BCUT2D eigenvalue weighted by molar-refractivity contribution is -0.116. The molecule has 2 amide bonds. The van der Waals surface area contributed by atoms with Crippen LogP contribution in [0.15, 0.2) is 66.7 Å². The number of rotatable bonds is 6. The number of benzene rings is 2. The van der Waals surface area contributed by atoms with E-state index in [2.05, 4.69) is 10.6 Å². The summed E-state index contributed by atoms with van der Waals surface area (Å²) in [5.41, 5.74) is 2.02. The first-order valence-electron chi connectivity index (χ1n) is 8.68. The van der Waals surface area contributed by atoms with Crippen molar-refractivity contribution >= 4 is 29.2 Å². The molecule has 0 radical (unpaired) electrons. The maximum absolute atomic E-state index is 13.9. The van der Waals surface area contributed by atoms with Crippen molar-refractivity contribution in [3.8, 4) is 10.4 Å². The summed E-state index contributed by atoms with van der Waals surface area (Å²) in [7, 11) is 1.58. The van der Waals surface area contributed by atoms with Gasteiger partial charge >= 0.3 is 0 Å². The third-order valence-electron chi connectivity index (χ3n) is 4.08. The number of hydrogen-bond acceptors (Lipinski definition) is 3. The van der Waals surface area contributed by atoms with E-state index in [1.54, 1.807) is 55.6 Å². The molecule has 0 spiro atoms. The number of amides is 2. The first-order valence-corrected chi connectivity index (χ1v) is 9.50. The molecule has 0 unspecified atom stereocenters. The molecule has 1 aromatic heterocycles. The molecule has 3 aromatic rings. The highest BCUT2D eigenvalue weighted by Crippen LogP contribution is 2.30. The van der Waals surface area contributed by atoms with E-state index in [0.717, 1.165) is 15.3 Å². The molecule has 3 rings (SSSR count). The van der Waals surface area contributed by atoms with Gasteiger partial charge in [0.15, 0.2) is 0 Å².